The number of nitrogens with one attached hydrogen (secondary N) is 1. The van der Waals surface area contributed by atoms with Crippen molar-refractivity contribution in [2.45, 2.75) is 38.7 Å². The molecule has 2 saturated heterocycles. The van der Waals surface area contributed by atoms with Gasteiger partial charge in [0.25, 0.3) is 0 Å². The van der Waals surface area contributed by atoms with E-state index in [0.29, 0.717) is 36.8 Å². The molecule has 4 atom stereocenters. The van der Waals surface area contributed by atoms with E-state index in [-0.39, 0.29) is 29.6 Å². The Morgan fingerprint density at radius 2 is 1.71 bits per heavy atom. The van der Waals surface area contributed by atoms with E-state index in [9.17, 15) is 18.7 Å². The fourth-order valence-electron chi connectivity index (χ4n) is 6.11. The van der Waals surface area contributed by atoms with Gasteiger partial charge < -0.3 is 15.3 Å². The number of hydrogen-bond acceptors (Lipinski definition) is 3. The Morgan fingerprint density at radius 3 is 2.29 bits per heavy atom. The number of aliphatic hydroxyl groups is 1. The first kappa shape index (κ1) is 25.1. The van der Waals surface area contributed by atoms with Gasteiger partial charge >= 0.3 is 0 Å². The largest absolute Gasteiger partial charge is 0.384 e. The van der Waals surface area contributed by atoms with Gasteiger partial charge in [0.05, 0.1) is 11.5 Å². The first-order chi connectivity index (χ1) is 16.0. The molecule has 184 valence electrons. The summed E-state index contributed by atoms with van der Waals surface area (Å²) in [6.45, 7) is 9.71. The van der Waals surface area contributed by atoms with E-state index in [1.165, 1.54) is 12.1 Å². The maximum Gasteiger partial charge on any atom is 0.227 e. The number of nitrogens with zero attached hydrogens (tertiary/aromatic N) is 1. The summed E-state index contributed by atoms with van der Waals surface area (Å²) in [5.41, 5.74) is -0.514. The van der Waals surface area contributed by atoms with Gasteiger partial charge in [-0.3, -0.25) is 4.79 Å². The summed E-state index contributed by atoms with van der Waals surface area (Å²) < 4.78 is 28.2. The molecule has 2 heterocycles. The number of carbonyl (C=O) groups excluding carboxylic acids is 1. The number of amides is 1. The predicted octanol–water partition coefficient (Wildman–Crippen LogP) is 4.73. The molecule has 0 bridgehead atoms. The zero-order valence-electron chi connectivity index (χ0n) is 20.1. The third kappa shape index (κ3) is 4.25. The van der Waals surface area contributed by atoms with Crippen molar-refractivity contribution in [2.24, 2.45) is 23.7 Å². The van der Waals surface area contributed by atoms with E-state index in [1.54, 1.807) is 12.1 Å². The van der Waals surface area contributed by atoms with E-state index in [1.807, 2.05) is 44.7 Å². The summed E-state index contributed by atoms with van der Waals surface area (Å²) in [5.74, 6) is -2.03. The number of halogens is 3. The molecule has 7 heteroatoms. The summed E-state index contributed by atoms with van der Waals surface area (Å²) in [7, 11) is 0. The fraction of sp³-hybridized carbons (Fsp3) is 0.519. The minimum atomic E-state index is -1.06. The number of benzene rings is 2. The Kier molecular flexibility index (Phi) is 6.80. The van der Waals surface area contributed by atoms with Crippen molar-refractivity contribution in [2.75, 3.05) is 26.2 Å². The van der Waals surface area contributed by atoms with E-state index in [0.717, 1.165) is 11.6 Å². The highest BCUT2D eigenvalue weighted by Gasteiger charge is 2.50. The van der Waals surface area contributed by atoms with Crippen molar-refractivity contribution < 1.29 is 18.7 Å². The summed E-state index contributed by atoms with van der Waals surface area (Å²) >= 11 is 6.04. The predicted molar refractivity (Wildman–Crippen MR) is 129 cm³/mol. The molecule has 0 saturated carbocycles. The van der Waals surface area contributed by atoms with Crippen molar-refractivity contribution in [3.8, 4) is 0 Å². The second kappa shape index (κ2) is 9.21. The maximum atomic E-state index is 14.7. The minimum absolute atomic E-state index is 0.0162. The lowest BCUT2D eigenvalue weighted by atomic mass is 9.67. The number of rotatable bonds is 4. The molecule has 2 aliphatic rings. The highest BCUT2D eigenvalue weighted by Crippen LogP contribution is 2.44. The lowest BCUT2D eigenvalue weighted by Gasteiger charge is -2.49. The quantitative estimate of drug-likeness (QED) is 0.651. The molecule has 34 heavy (non-hydrogen) atoms. The Balaban J connectivity index is 1.55. The normalized spacial score (nSPS) is 29.9. The van der Waals surface area contributed by atoms with Crippen LogP contribution in [0.15, 0.2) is 42.5 Å². The zero-order chi connectivity index (χ0) is 24.8. The van der Waals surface area contributed by atoms with Crippen LogP contribution in [0.4, 0.5) is 8.78 Å². The zero-order valence-corrected chi connectivity index (χ0v) is 20.9. The first-order valence-electron chi connectivity index (χ1n) is 11.9. The molecule has 2 unspecified atom stereocenters. The molecule has 2 fully saturated rings. The average molecular weight is 491 g/mol. The second-order valence-corrected chi connectivity index (χ2v) is 11.0. The van der Waals surface area contributed by atoms with Gasteiger partial charge in [0.15, 0.2) is 0 Å². The van der Waals surface area contributed by atoms with Gasteiger partial charge in [-0.15, -0.1) is 0 Å². The van der Waals surface area contributed by atoms with Gasteiger partial charge in [0, 0.05) is 42.6 Å². The average Bonchev–Trinajstić information content (AvgIpc) is 3.27. The topological polar surface area (TPSA) is 52.6 Å². The third-order valence-electron chi connectivity index (χ3n) is 8.19. The van der Waals surface area contributed by atoms with Crippen molar-refractivity contribution in [1.82, 2.24) is 10.2 Å². The first-order valence-corrected chi connectivity index (χ1v) is 12.3. The lowest BCUT2D eigenvalue weighted by molar-refractivity contribution is -0.153. The minimum Gasteiger partial charge on any atom is -0.384 e. The van der Waals surface area contributed by atoms with Crippen LogP contribution in [-0.4, -0.2) is 42.1 Å². The standard InChI is InChI=1S/C27H33ClF2N2O2/c1-16-14-32(15-17(2)27(16,34)18-5-7-19(28)8-6-18)25(33)21-12-31-13-23(21)26(3,4)22-10-9-20(29)11-24(22)30/h5-11,16-17,21,23,31,34H,12-15H2,1-4H3/t16?,17?,21-,23-,27?/m1/s1. The van der Waals surface area contributed by atoms with Gasteiger partial charge in [-0.2, -0.15) is 0 Å². The molecular formula is C27H33ClF2N2O2. The van der Waals surface area contributed by atoms with Crippen molar-refractivity contribution >= 4 is 17.5 Å². The van der Waals surface area contributed by atoms with Crippen LogP contribution >= 0.6 is 11.6 Å². The molecule has 4 rings (SSSR count). The van der Waals surface area contributed by atoms with Gasteiger partial charge in [0.1, 0.15) is 11.6 Å². The monoisotopic (exact) mass is 490 g/mol. The number of hydrogen-bond donors (Lipinski definition) is 2. The molecule has 2 aromatic rings. The Labute approximate surface area is 205 Å². The van der Waals surface area contributed by atoms with Crippen molar-refractivity contribution in [3.63, 3.8) is 0 Å². The summed E-state index contributed by atoms with van der Waals surface area (Å²) in [5, 5.41) is 15.6. The summed E-state index contributed by atoms with van der Waals surface area (Å²) in [6, 6.07) is 10.9. The Hall–Kier alpha value is -2.02. The van der Waals surface area contributed by atoms with Crippen LogP contribution < -0.4 is 5.32 Å². The van der Waals surface area contributed by atoms with E-state index in [4.69, 9.17) is 11.6 Å². The molecule has 0 aromatic heterocycles. The Morgan fingerprint density at radius 1 is 1.09 bits per heavy atom. The smallest absolute Gasteiger partial charge is 0.227 e. The van der Waals surface area contributed by atoms with Crippen molar-refractivity contribution in [1.29, 1.82) is 0 Å². The molecule has 4 nitrogen and oxygen atoms in total. The SMILES string of the molecule is CC1CN(C(=O)[C@@H]2CNC[C@H]2C(C)(C)c2ccc(F)cc2F)CC(C)C1(O)c1ccc(Cl)cc1. The van der Waals surface area contributed by atoms with Crippen LogP contribution in [0, 0.1) is 35.3 Å². The summed E-state index contributed by atoms with van der Waals surface area (Å²) in [4.78, 5) is 15.6. The molecule has 2 N–H and O–H groups in total. The van der Waals surface area contributed by atoms with Crippen LogP contribution in [0.1, 0.15) is 38.8 Å². The number of likely N-dealkylation sites (tertiary alicyclic amines) is 1. The second-order valence-electron chi connectivity index (χ2n) is 10.6. The molecule has 0 aliphatic carbocycles. The van der Waals surface area contributed by atoms with E-state index >= 15 is 0 Å². The molecule has 2 aromatic carbocycles. The third-order valence-corrected chi connectivity index (χ3v) is 8.45. The molecule has 1 amide bonds. The highest BCUT2D eigenvalue weighted by molar-refractivity contribution is 6.30. The maximum absolute atomic E-state index is 14.7. The number of carbonyl (C=O) groups is 1. The van der Waals surface area contributed by atoms with Crippen LogP contribution in [-0.2, 0) is 15.8 Å². The van der Waals surface area contributed by atoms with Crippen LogP contribution in [0.3, 0.4) is 0 Å². The number of piperidine rings is 1. The van der Waals surface area contributed by atoms with Crippen molar-refractivity contribution in [3.05, 3.63) is 70.2 Å². The van der Waals surface area contributed by atoms with Gasteiger partial charge in [-0.25, -0.2) is 8.78 Å². The lowest BCUT2D eigenvalue weighted by Crippen LogP contribution is -2.57. The molecular weight excluding hydrogens is 458 g/mol. The van der Waals surface area contributed by atoms with Crippen LogP contribution in [0.5, 0.6) is 0 Å². The van der Waals surface area contributed by atoms with E-state index < -0.39 is 22.7 Å². The van der Waals surface area contributed by atoms with Gasteiger partial charge in [-0.1, -0.05) is 57.5 Å². The molecule has 0 spiro atoms. The highest BCUT2D eigenvalue weighted by atomic mass is 35.5. The Bertz CT molecular complexity index is 1050. The van der Waals surface area contributed by atoms with E-state index in [2.05, 4.69) is 5.32 Å². The van der Waals surface area contributed by atoms with Gasteiger partial charge in [0.2, 0.25) is 5.91 Å². The molecule has 0 radical (unpaired) electrons. The van der Waals surface area contributed by atoms with Crippen LogP contribution in [0.2, 0.25) is 5.02 Å². The molecule has 2 aliphatic heterocycles. The van der Waals surface area contributed by atoms with Gasteiger partial charge in [-0.05, 0) is 47.2 Å². The van der Waals surface area contributed by atoms with Crippen LogP contribution in [0.25, 0.3) is 0 Å². The summed E-state index contributed by atoms with van der Waals surface area (Å²) in [6.07, 6.45) is 0. The fourth-order valence-corrected chi connectivity index (χ4v) is 6.23.